The van der Waals surface area contributed by atoms with Gasteiger partial charge in [0.25, 0.3) is 0 Å². The molecule has 1 heterocycles. The maximum atomic E-state index is 11.8. The van der Waals surface area contributed by atoms with Gasteiger partial charge in [-0.3, -0.25) is 4.79 Å². The van der Waals surface area contributed by atoms with E-state index in [1.807, 2.05) is 30.3 Å². The molecule has 0 spiro atoms. The monoisotopic (exact) mass is 262 g/mol. The van der Waals surface area contributed by atoms with Crippen LogP contribution in [0.5, 0.6) is 0 Å². The molecule has 19 heavy (non-hydrogen) atoms. The van der Waals surface area contributed by atoms with Crippen molar-refractivity contribution >= 4 is 11.9 Å². The molecule has 2 rings (SSSR count). The Hall–Kier alpha value is -1.49. The van der Waals surface area contributed by atoms with Crippen LogP contribution in [0.25, 0.3) is 6.08 Å². The Balaban J connectivity index is 1.83. The summed E-state index contributed by atoms with van der Waals surface area (Å²) < 4.78 is 5.32. The third-order valence-corrected chi connectivity index (χ3v) is 3.14. The van der Waals surface area contributed by atoms with Crippen LogP contribution >= 0.6 is 0 Å². The molecule has 0 bridgehead atoms. The van der Waals surface area contributed by atoms with Crippen LogP contribution in [0.3, 0.4) is 0 Å². The van der Waals surface area contributed by atoms with Crippen LogP contribution in [0.15, 0.2) is 36.4 Å². The SMILES string of the molecule is O=C(/C=C/c1ccccc1)CC1C[C@@H](O)[C@H](O)CO1. The lowest BCUT2D eigenvalue weighted by atomic mass is 9.99. The number of ketones is 1. The minimum absolute atomic E-state index is 0.0440. The number of rotatable bonds is 4. The zero-order valence-electron chi connectivity index (χ0n) is 10.6. The number of carbonyl (C=O) groups is 1. The largest absolute Gasteiger partial charge is 0.390 e. The van der Waals surface area contributed by atoms with Gasteiger partial charge in [0.15, 0.2) is 5.78 Å². The molecular formula is C15H18O4. The van der Waals surface area contributed by atoms with E-state index in [4.69, 9.17) is 4.74 Å². The van der Waals surface area contributed by atoms with Crippen molar-refractivity contribution in [3.63, 3.8) is 0 Å². The van der Waals surface area contributed by atoms with E-state index in [1.165, 1.54) is 6.08 Å². The fraction of sp³-hybridized carbons (Fsp3) is 0.400. The zero-order chi connectivity index (χ0) is 13.7. The lowest BCUT2D eigenvalue weighted by Crippen LogP contribution is -2.41. The predicted octanol–water partition coefficient (Wildman–Crippen LogP) is 1.17. The van der Waals surface area contributed by atoms with Gasteiger partial charge in [-0.15, -0.1) is 0 Å². The van der Waals surface area contributed by atoms with E-state index in [-0.39, 0.29) is 24.9 Å². The van der Waals surface area contributed by atoms with Crippen molar-refractivity contribution in [2.24, 2.45) is 0 Å². The molecule has 0 amide bonds. The fourth-order valence-electron chi connectivity index (χ4n) is 2.03. The van der Waals surface area contributed by atoms with Crippen molar-refractivity contribution in [3.05, 3.63) is 42.0 Å². The van der Waals surface area contributed by atoms with E-state index < -0.39 is 12.2 Å². The molecule has 0 saturated carbocycles. The Morgan fingerprint density at radius 2 is 2.00 bits per heavy atom. The summed E-state index contributed by atoms with van der Waals surface area (Å²) >= 11 is 0. The van der Waals surface area contributed by atoms with Gasteiger partial charge in [-0.1, -0.05) is 36.4 Å². The van der Waals surface area contributed by atoms with Gasteiger partial charge in [0.2, 0.25) is 0 Å². The average molecular weight is 262 g/mol. The maximum Gasteiger partial charge on any atom is 0.158 e. The number of hydrogen-bond donors (Lipinski definition) is 2. The number of hydrogen-bond acceptors (Lipinski definition) is 4. The van der Waals surface area contributed by atoms with Crippen molar-refractivity contribution in [2.75, 3.05) is 6.61 Å². The van der Waals surface area contributed by atoms with Crippen molar-refractivity contribution in [3.8, 4) is 0 Å². The summed E-state index contributed by atoms with van der Waals surface area (Å²) in [6.07, 6.45) is 1.85. The van der Waals surface area contributed by atoms with Gasteiger partial charge in [-0.2, -0.15) is 0 Å². The molecule has 1 aliphatic heterocycles. The third kappa shape index (κ3) is 4.28. The molecule has 1 aromatic carbocycles. The van der Waals surface area contributed by atoms with Crippen molar-refractivity contribution in [2.45, 2.75) is 31.2 Å². The molecule has 102 valence electrons. The van der Waals surface area contributed by atoms with Gasteiger partial charge in [0.1, 0.15) is 6.10 Å². The number of aliphatic hydroxyl groups excluding tert-OH is 2. The van der Waals surface area contributed by atoms with Crippen molar-refractivity contribution < 1.29 is 19.7 Å². The number of allylic oxidation sites excluding steroid dienone is 1. The second kappa shape index (κ2) is 6.61. The molecule has 4 heteroatoms. The second-order valence-electron chi connectivity index (χ2n) is 4.74. The normalized spacial score (nSPS) is 27.6. The second-order valence-corrected chi connectivity index (χ2v) is 4.74. The van der Waals surface area contributed by atoms with E-state index in [0.717, 1.165) is 5.56 Å². The number of benzene rings is 1. The van der Waals surface area contributed by atoms with Crippen molar-refractivity contribution in [1.82, 2.24) is 0 Å². The first-order valence-corrected chi connectivity index (χ1v) is 6.39. The number of aliphatic hydroxyl groups is 2. The standard InChI is InChI=1S/C15H18O4/c16-12(7-6-11-4-2-1-3-5-11)8-13-9-14(17)15(18)10-19-13/h1-7,13-15,17-18H,8-10H2/b7-6+/t13?,14-,15-/m1/s1. The molecule has 3 atom stereocenters. The van der Waals surface area contributed by atoms with Crippen LogP contribution in [0, 0.1) is 0 Å². The van der Waals surface area contributed by atoms with E-state index in [0.29, 0.717) is 6.42 Å². The fourth-order valence-corrected chi connectivity index (χ4v) is 2.03. The molecule has 1 saturated heterocycles. The quantitative estimate of drug-likeness (QED) is 0.799. The summed E-state index contributed by atoms with van der Waals surface area (Å²) in [6, 6.07) is 9.57. The maximum absolute atomic E-state index is 11.8. The summed E-state index contributed by atoms with van der Waals surface area (Å²) in [5, 5.41) is 18.8. The predicted molar refractivity (Wildman–Crippen MR) is 71.5 cm³/mol. The highest BCUT2D eigenvalue weighted by atomic mass is 16.5. The molecule has 1 fully saturated rings. The van der Waals surface area contributed by atoms with E-state index in [9.17, 15) is 15.0 Å². The minimum Gasteiger partial charge on any atom is -0.390 e. The highest BCUT2D eigenvalue weighted by molar-refractivity contribution is 5.93. The highest BCUT2D eigenvalue weighted by Crippen LogP contribution is 2.17. The molecule has 1 aliphatic rings. The Kier molecular flexibility index (Phi) is 4.85. The van der Waals surface area contributed by atoms with E-state index >= 15 is 0 Å². The molecular weight excluding hydrogens is 244 g/mol. The first-order chi connectivity index (χ1) is 9.15. The van der Waals surface area contributed by atoms with Crippen LogP contribution < -0.4 is 0 Å². The Bertz CT molecular complexity index is 441. The molecule has 0 aromatic heterocycles. The van der Waals surface area contributed by atoms with Crippen LogP contribution in [-0.4, -0.2) is 40.9 Å². The zero-order valence-corrected chi connectivity index (χ0v) is 10.6. The topological polar surface area (TPSA) is 66.8 Å². The Morgan fingerprint density at radius 1 is 1.26 bits per heavy atom. The lowest BCUT2D eigenvalue weighted by molar-refractivity contribution is -0.134. The molecule has 1 unspecified atom stereocenters. The van der Waals surface area contributed by atoms with Gasteiger partial charge in [0, 0.05) is 12.8 Å². The highest BCUT2D eigenvalue weighted by Gasteiger charge is 2.28. The first kappa shape index (κ1) is 13.9. The van der Waals surface area contributed by atoms with Gasteiger partial charge in [0.05, 0.1) is 18.8 Å². The minimum atomic E-state index is -0.841. The molecule has 0 aliphatic carbocycles. The lowest BCUT2D eigenvalue weighted by Gasteiger charge is -2.29. The number of carbonyl (C=O) groups excluding carboxylic acids is 1. The van der Waals surface area contributed by atoms with Gasteiger partial charge in [-0.05, 0) is 11.6 Å². The first-order valence-electron chi connectivity index (χ1n) is 6.39. The molecule has 1 aromatic rings. The van der Waals surface area contributed by atoms with E-state index in [1.54, 1.807) is 6.08 Å². The average Bonchev–Trinajstić information content (AvgIpc) is 2.42. The Morgan fingerprint density at radius 3 is 2.68 bits per heavy atom. The van der Waals surface area contributed by atoms with Gasteiger partial charge in [-0.25, -0.2) is 0 Å². The van der Waals surface area contributed by atoms with E-state index in [2.05, 4.69) is 0 Å². The smallest absolute Gasteiger partial charge is 0.158 e. The van der Waals surface area contributed by atoms with Crippen LogP contribution in [0.4, 0.5) is 0 Å². The van der Waals surface area contributed by atoms with Crippen LogP contribution in [-0.2, 0) is 9.53 Å². The van der Waals surface area contributed by atoms with Gasteiger partial charge < -0.3 is 14.9 Å². The summed E-state index contributed by atoms with van der Waals surface area (Å²) in [5.41, 5.74) is 0.968. The summed E-state index contributed by atoms with van der Waals surface area (Å²) in [4.78, 5) is 11.8. The van der Waals surface area contributed by atoms with Crippen molar-refractivity contribution in [1.29, 1.82) is 0 Å². The molecule has 4 nitrogen and oxygen atoms in total. The van der Waals surface area contributed by atoms with Crippen LogP contribution in [0.2, 0.25) is 0 Å². The third-order valence-electron chi connectivity index (χ3n) is 3.14. The molecule has 2 N–H and O–H groups in total. The van der Waals surface area contributed by atoms with Gasteiger partial charge >= 0.3 is 0 Å². The van der Waals surface area contributed by atoms with Crippen LogP contribution in [0.1, 0.15) is 18.4 Å². The Labute approximate surface area is 112 Å². The summed E-state index contributed by atoms with van der Waals surface area (Å²) in [6.45, 7) is 0.0848. The summed E-state index contributed by atoms with van der Waals surface area (Å²) in [7, 11) is 0. The molecule has 0 radical (unpaired) electrons. The summed E-state index contributed by atoms with van der Waals surface area (Å²) in [5.74, 6) is -0.0440. The number of ether oxygens (including phenoxy) is 1.